The van der Waals surface area contributed by atoms with Gasteiger partial charge < -0.3 is 4.90 Å². The Labute approximate surface area is 147 Å². The molecule has 1 saturated heterocycles. The van der Waals surface area contributed by atoms with E-state index in [0.717, 1.165) is 53.9 Å². The largest absolute Gasteiger partial charge is 0.304 e. The molecule has 25 heavy (non-hydrogen) atoms. The van der Waals surface area contributed by atoms with Crippen molar-refractivity contribution in [2.45, 2.75) is 6.92 Å². The number of hydrazine groups is 1. The quantitative estimate of drug-likeness (QED) is 0.794. The van der Waals surface area contributed by atoms with Gasteiger partial charge in [0, 0.05) is 49.5 Å². The van der Waals surface area contributed by atoms with E-state index < -0.39 is 0 Å². The van der Waals surface area contributed by atoms with E-state index in [2.05, 4.69) is 55.5 Å². The second-order valence-electron chi connectivity index (χ2n) is 6.59. The Kier molecular flexibility index (Phi) is 4.29. The van der Waals surface area contributed by atoms with Crippen LogP contribution in [0.25, 0.3) is 22.2 Å². The maximum absolute atomic E-state index is 4.64. The first kappa shape index (κ1) is 15.9. The van der Waals surface area contributed by atoms with Gasteiger partial charge in [0.05, 0.1) is 11.2 Å². The zero-order chi connectivity index (χ0) is 17.2. The summed E-state index contributed by atoms with van der Waals surface area (Å²) in [5.41, 5.74) is 7.46. The number of rotatable bonds is 3. The van der Waals surface area contributed by atoms with Gasteiger partial charge in [0.15, 0.2) is 0 Å². The Balaban J connectivity index is 1.55. The summed E-state index contributed by atoms with van der Waals surface area (Å²) in [5, 5.41) is 3.19. The van der Waals surface area contributed by atoms with Crippen molar-refractivity contribution in [1.29, 1.82) is 0 Å². The first-order valence-corrected chi connectivity index (χ1v) is 8.57. The normalized spacial score (nSPS) is 16.2. The average Bonchev–Trinajstić information content (AvgIpc) is 2.64. The molecule has 6 heteroatoms. The van der Waals surface area contributed by atoms with E-state index in [1.54, 1.807) is 0 Å². The maximum Gasteiger partial charge on any atom is 0.238 e. The van der Waals surface area contributed by atoms with Crippen LogP contribution in [0.5, 0.6) is 0 Å². The molecule has 0 spiro atoms. The molecule has 128 valence electrons. The van der Waals surface area contributed by atoms with Gasteiger partial charge in [-0.15, -0.1) is 0 Å². The summed E-state index contributed by atoms with van der Waals surface area (Å²) in [5.74, 6) is 0.651. The molecule has 0 atom stereocenters. The number of likely N-dealkylation sites (N-methyl/N-ethyl adjacent to an activating group) is 1. The van der Waals surface area contributed by atoms with Gasteiger partial charge in [-0.05, 0) is 37.7 Å². The van der Waals surface area contributed by atoms with Crippen LogP contribution in [0.1, 0.15) is 5.56 Å². The number of aryl methyl sites for hydroxylation is 1. The van der Waals surface area contributed by atoms with E-state index in [1.807, 2.05) is 31.5 Å². The van der Waals surface area contributed by atoms with Crippen LogP contribution < -0.4 is 5.43 Å². The van der Waals surface area contributed by atoms with E-state index in [9.17, 15) is 0 Å². The first-order chi connectivity index (χ1) is 12.2. The highest BCUT2D eigenvalue weighted by atomic mass is 15.5. The zero-order valence-electron chi connectivity index (χ0n) is 14.6. The van der Waals surface area contributed by atoms with Crippen molar-refractivity contribution in [1.82, 2.24) is 24.9 Å². The number of fused-ring (bicyclic) bond motifs is 1. The van der Waals surface area contributed by atoms with Crippen molar-refractivity contribution in [3.8, 4) is 11.3 Å². The van der Waals surface area contributed by atoms with Crippen molar-refractivity contribution < 1.29 is 0 Å². The van der Waals surface area contributed by atoms with Gasteiger partial charge in [-0.3, -0.25) is 10.4 Å². The fourth-order valence-electron chi connectivity index (χ4n) is 2.94. The third-order valence-corrected chi connectivity index (χ3v) is 4.55. The molecular formula is C19H22N6. The standard InChI is InChI=1S/C19H22N6/c1-14-3-5-17(20-12-14)15-4-6-18-16(11-15)13-21-19(22-18)23-25-9-7-24(2)8-10-25/h3-6,11-13H,7-10H2,1-2H3,(H,21,22,23). The highest BCUT2D eigenvalue weighted by Crippen LogP contribution is 2.22. The number of anilines is 1. The lowest BCUT2D eigenvalue weighted by atomic mass is 10.1. The SMILES string of the molecule is Cc1ccc(-c2ccc3nc(NN4CCN(C)CC4)ncc3c2)nc1. The van der Waals surface area contributed by atoms with Crippen molar-refractivity contribution in [3.05, 3.63) is 48.3 Å². The van der Waals surface area contributed by atoms with Gasteiger partial charge in [-0.25, -0.2) is 15.0 Å². The lowest BCUT2D eigenvalue weighted by Crippen LogP contribution is -2.47. The molecule has 2 aromatic heterocycles. The van der Waals surface area contributed by atoms with Crippen LogP contribution in [0, 0.1) is 6.92 Å². The predicted molar refractivity (Wildman–Crippen MR) is 100 cm³/mol. The predicted octanol–water partition coefficient (Wildman–Crippen LogP) is 2.57. The van der Waals surface area contributed by atoms with Gasteiger partial charge in [0.1, 0.15) is 0 Å². The second kappa shape index (κ2) is 6.74. The molecule has 0 saturated carbocycles. The van der Waals surface area contributed by atoms with Crippen LogP contribution in [0.3, 0.4) is 0 Å². The lowest BCUT2D eigenvalue weighted by molar-refractivity contribution is 0.178. The Morgan fingerprint density at radius 1 is 0.960 bits per heavy atom. The highest BCUT2D eigenvalue weighted by molar-refractivity contribution is 5.83. The summed E-state index contributed by atoms with van der Waals surface area (Å²) in [7, 11) is 2.14. The van der Waals surface area contributed by atoms with Crippen LogP contribution in [0.2, 0.25) is 0 Å². The Hall–Kier alpha value is -2.57. The third kappa shape index (κ3) is 3.60. The number of nitrogens with zero attached hydrogens (tertiary/aromatic N) is 5. The molecule has 1 aliphatic heterocycles. The van der Waals surface area contributed by atoms with E-state index in [0.29, 0.717) is 5.95 Å². The molecule has 1 aliphatic rings. The molecule has 4 rings (SSSR count). The molecule has 3 heterocycles. The van der Waals surface area contributed by atoms with Crippen molar-refractivity contribution >= 4 is 16.9 Å². The van der Waals surface area contributed by atoms with Crippen molar-refractivity contribution in [2.75, 3.05) is 38.7 Å². The van der Waals surface area contributed by atoms with Crippen LogP contribution >= 0.6 is 0 Å². The molecule has 3 aromatic rings. The fraction of sp³-hybridized carbons (Fsp3) is 0.316. The second-order valence-corrected chi connectivity index (χ2v) is 6.59. The molecule has 0 amide bonds. The highest BCUT2D eigenvalue weighted by Gasteiger charge is 2.14. The van der Waals surface area contributed by atoms with Crippen LogP contribution in [-0.4, -0.2) is 58.1 Å². The van der Waals surface area contributed by atoms with Crippen molar-refractivity contribution in [3.63, 3.8) is 0 Å². The number of pyridine rings is 1. The smallest absolute Gasteiger partial charge is 0.238 e. The monoisotopic (exact) mass is 334 g/mol. The molecule has 6 nitrogen and oxygen atoms in total. The number of nitrogens with one attached hydrogen (secondary N) is 1. The zero-order valence-corrected chi connectivity index (χ0v) is 14.6. The van der Waals surface area contributed by atoms with Gasteiger partial charge in [0.2, 0.25) is 5.95 Å². The number of piperazine rings is 1. The maximum atomic E-state index is 4.64. The number of aromatic nitrogens is 3. The van der Waals surface area contributed by atoms with Gasteiger partial charge in [-0.2, -0.15) is 0 Å². The summed E-state index contributed by atoms with van der Waals surface area (Å²) < 4.78 is 0. The topological polar surface area (TPSA) is 57.2 Å². The van der Waals surface area contributed by atoms with Gasteiger partial charge in [0.25, 0.3) is 0 Å². The Morgan fingerprint density at radius 2 is 1.80 bits per heavy atom. The summed E-state index contributed by atoms with van der Waals surface area (Å²) in [4.78, 5) is 15.9. The minimum absolute atomic E-state index is 0.651. The molecule has 0 bridgehead atoms. The van der Waals surface area contributed by atoms with E-state index in [-0.39, 0.29) is 0 Å². The number of hydrogen-bond donors (Lipinski definition) is 1. The molecule has 0 radical (unpaired) electrons. The number of benzene rings is 1. The molecule has 0 aliphatic carbocycles. The van der Waals surface area contributed by atoms with E-state index >= 15 is 0 Å². The first-order valence-electron chi connectivity index (χ1n) is 8.57. The fourth-order valence-corrected chi connectivity index (χ4v) is 2.94. The minimum Gasteiger partial charge on any atom is -0.304 e. The summed E-state index contributed by atoms with van der Waals surface area (Å²) >= 11 is 0. The number of hydrogen-bond acceptors (Lipinski definition) is 6. The lowest BCUT2D eigenvalue weighted by Gasteiger charge is -2.32. The molecule has 1 fully saturated rings. The molecule has 1 aromatic carbocycles. The Bertz CT molecular complexity index is 869. The summed E-state index contributed by atoms with van der Waals surface area (Å²) in [6.45, 7) is 6.08. The minimum atomic E-state index is 0.651. The van der Waals surface area contributed by atoms with Gasteiger partial charge >= 0.3 is 0 Å². The molecular weight excluding hydrogens is 312 g/mol. The van der Waals surface area contributed by atoms with E-state index in [1.165, 1.54) is 0 Å². The van der Waals surface area contributed by atoms with Gasteiger partial charge in [-0.1, -0.05) is 12.1 Å². The van der Waals surface area contributed by atoms with Crippen LogP contribution in [0.4, 0.5) is 5.95 Å². The molecule has 0 unspecified atom stereocenters. The van der Waals surface area contributed by atoms with E-state index in [4.69, 9.17) is 0 Å². The van der Waals surface area contributed by atoms with Crippen LogP contribution in [0.15, 0.2) is 42.7 Å². The Morgan fingerprint density at radius 3 is 2.56 bits per heavy atom. The third-order valence-electron chi connectivity index (χ3n) is 4.55. The summed E-state index contributed by atoms with van der Waals surface area (Å²) in [6.07, 6.45) is 3.76. The van der Waals surface area contributed by atoms with Crippen LogP contribution in [-0.2, 0) is 0 Å². The molecule has 1 N–H and O–H groups in total. The van der Waals surface area contributed by atoms with Crippen molar-refractivity contribution in [2.24, 2.45) is 0 Å². The average molecular weight is 334 g/mol. The summed E-state index contributed by atoms with van der Waals surface area (Å²) in [6, 6.07) is 10.3.